The highest BCUT2D eigenvalue weighted by Gasteiger charge is 2.38. The summed E-state index contributed by atoms with van der Waals surface area (Å²) in [6.45, 7) is 3.63. The number of oxazole rings is 1. The van der Waals surface area contributed by atoms with Crippen LogP contribution in [0.5, 0.6) is 0 Å². The van der Waals surface area contributed by atoms with Crippen LogP contribution in [0.4, 0.5) is 18.9 Å². The summed E-state index contributed by atoms with van der Waals surface area (Å²) in [7, 11) is 0. The monoisotopic (exact) mass is 348 g/mol. The van der Waals surface area contributed by atoms with Crippen LogP contribution in [-0.4, -0.2) is 17.1 Å². The van der Waals surface area contributed by atoms with E-state index in [-0.39, 0.29) is 11.6 Å². The molecule has 1 aromatic heterocycles. The van der Waals surface area contributed by atoms with Crippen molar-refractivity contribution < 1.29 is 22.4 Å². The third-order valence-electron chi connectivity index (χ3n) is 3.85. The summed E-state index contributed by atoms with van der Waals surface area (Å²) in [6.07, 6.45) is -4.09. The second-order valence-corrected chi connectivity index (χ2v) is 5.66. The molecule has 0 unspecified atom stereocenters. The number of hydrogen-bond acceptors (Lipinski definition) is 3. The first-order valence-corrected chi connectivity index (χ1v) is 7.66. The molecule has 1 heterocycles. The lowest BCUT2D eigenvalue weighted by atomic mass is 10.1. The highest BCUT2D eigenvalue weighted by Crippen LogP contribution is 2.29. The van der Waals surface area contributed by atoms with Crippen molar-refractivity contribution in [2.75, 3.05) is 5.32 Å². The maximum atomic E-state index is 12.5. The Balaban J connectivity index is 1.98. The number of carbonyl (C=O) groups excluding carboxylic acids is 1. The van der Waals surface area contributed by atoms with Gasteiger partial charge in [0.2, 0.25) is 5.89 Å². The number of benzene rings is 2. The van der Waals surface area contributed by atoms with Crippen molar-refractivity contribution >= 4 is 22.7 Å². The normalized spacial score (nSPS) is 11.7. The average Bonchev–Trinajstić information content (AvgIpc) is 2.98. The molecule has 130 valence electrons. The molecule has 0 spiro atoms. The Labute approximate surface area is 141 Å². The van der Waals surface area contributed by atoms with Gasteiger partial charge in [-0.15, -0.1) is 0 Å². The number of aryl methyl sites for hydroxylation is 2. The van der Waals surface area contributed by atoms with Crippen LogP contribution in [-0.2, 0) is 11.2 Å². The molecule has 0 bridgehead atoms. The first-order valence-electron chi connectivity index (χ1n) is 7.66. The molecule has 1 N–H and O–H groups in total. The molecule has 4 nitrogen and oxygen atoms in total. The van der Waals surface area contributed by atoms with Crippen LogP contribution in [0, 0.1) is 6.92 Å². The molecule has 7 heteroatoms. The van der Waals surface area contributed by atoms with Crippen LogP contribution in [0.1, 0.15) is 18.1 Å². The van der Waals surface area contributed by atoms with Crippen LogP contribution in [0.15, 0.2) is 40.8 Å². The van der Waals surface area contributed by atoms with E-state index in [0.717, 1.165) is 12.0 Å². The van der Waals surface area contributed by atoms with Crippen LogP contribution in [0.2, 0.25) is 0 Å². The predicted molar refractivity (Wildman–Crippen MR) is 88.2 cm³/mol. The fourth-order valence-corrected chi connectivity index (χ4v) is 2.40. The zero-order valence-corrected chi connectivity index (χ0v) is 13.6. The Hall–Kier alpha value is -2.83. The van der Waals surface area contributed by atoms with Gasteiger partial charge in [-0.05, 0) is 48.7 Å². The van der Waals surface area contributed by atoms with E-state index in [1.807, 2.05) is 30.4 Å². The van der Waals surface area contributed by atoms with E-state index < -0.39 is 12.1 Å². The van der Waals surface area contributed by atoms with Gasteiger partial charge < -0.3 is 9.73 Å². The Morgan fingerprint density at radius 1 is 1.20 bits per heavy atom. The summed E-state index contributed by atoms with van der Waals surface area (Å²) < 4.78 is 43.0. The maximum absolute atomic E-state index is 12.5. The van der Waals surface area contributed by atoms with Crippen molar-refractivity contribution in [2.45, 2.75) is 26.4 Å². The van der Waals surface area contributed by atoms with Crippen LogP contribution in [0.25, 0.3) is 22.6 Å². The quantitative estimate of drug-likeness (QED) is 0.735. The number of alkyl halides is 3. The maximum Gasteiger partial charge on any atom is 0.471 e. The van der Waals surface area contributed by atoms with E-state index >= 15 is 0 Å². The highest BCUT2D eigenvalue weighted by molar-refractivity contribution is 5.96. The molecule has 0 saturated carbocycles. The zero-order chi connectivity index (χ0) is 18.2. The Bertz CT molecular complexity index is 945. The number of halogens is 3. The van der Waals surface area contributed by atoms with E-state index in [9.17, 15) is 18.0 Å². The van der Waals surface area contributed by atoms with Crippen LogP contribution >= 0.6 is 0 Å². The van der Waals surface area contributed by atoms with Gasteiger partial charge in [0.25, 0.3) is 0 Å². The SMILES string of the molecule is CCc1ccc2oc(-c3ccc(C)c(NC(=O)C(F)(F)F)c3)nc2c1. The van der Waals surface area contributed by atoms with Gasteiger partial charge in [0.05, 0.1) is 0 Å². The lowest BCUT2D eigenvalue weighted by molar-refractivity contribution is -0.167. The number of carbonyl (C=O) groups is 1. The minimum atomic E-state index is -4.95. The molecule has 25 heavy (non-hydrogen) atoms. The van der Waals surface area contributed by atoms with E-state index in [0.29, 0.717) is 22.2 Å². The fourth-order valence-electron chi connectivity index (χ4n) is 2.40. The standard InChI is InChI=1S/C18H15F3N2O2/c1-3-11-5-7-15-14(8-11)22-16(25-15)12-6-4-10(2)13(9-12)23-17(24)18(19,20)21/h4-9H,3H2,1-2H3,(H,23,24). The summed E-state index contributed by atoms with van der Waals surface area (Å²) in [5.41, 5.74) is 3.43. The van der Waals surface area contributed by atoms with Gasteiger partial charge in [0.1, 0.15) is 5.52 Å². The number of aromatic nitrogens is 1. The number of nitrogens with zero attached hydrogens (tertiary/aromatic N) is 1. The average molecular weight is 348 g/mol. The third-order valence-corrected chi connectivity index (χ3v) is 3.85. The Morgan fingerprint density at radius 2 is 1.96 bits per heavy atom. The molecule has 0 fully saturated rings. The van der Waals surface area contributed by atoms with Crippen molar-refractivity contribution in [3.8, 4) is 11.5 Å². The van der Waals surface area contributed by atoms with Gasteiger partial charge >= 0.3 is 12.1 Å². The number of amides is 1. The molecule has 1 amide bonds. The smallest absolute Gasteiger partial charge is 0.436 e. The van der Waals surface area contributed by atoms with Crippen molar-refractivity contribution in [3.05, 3.63) is 47.5 Å². The summed E-state index contributed by atoms with van der Waals surface area (Å²) >= 11 is 0. The second-order valence-electron chi connectivity index (χ2n) is 5.66. The number of hydrogen-bond donors (Lipinski definition) is 1. The molecule has 3 aromatic rings. The van der Waals surface area contributed by atoms with Crippen molar-refractivity contribution in [1.82, 2.24) is 4.98 Å². The van der Waals surface area contributed by atoms with Gasteiger partial charge in [-0.3, -0.25) is 4.79 Å². The topological polar surface area (TPSA) is 55.1 Å². The molecule has 0 radical (unpaired) electrons. The fraction of sp³-hybridized carbons (Fsp3) is 0.222. The molecule has 3 rings (SSSR count). The first-order chi connectivity index (χ1) is 11.8. The predicted octanol–water partition coefficient (Wildman–Crippen LogP) is 4.87. The van der Waals surface area contributed by atoms with Gasteiger partial charge in [0.15, 0.2) is 5.58 Å². The van der Waals surface area contributed by atoms with Crippen molar-refractivity contribution in [2.24, 2.45) is 0 Å². The summed E-state index contributed by atoms with van der Waals surface area (Å²) in [6, 6.07) is 10.4. The van der Waals surface area contributed by atoms with E-state index in [1.165, 1.54) is 6.07 Å². The molecular formula is C18H15F3N2O2. The van der Waals surface area contributed by atoms with Crippen molar-refractivity contribution in [3.63, 3.8) is 0 Å². The van der Waals surface area contributed by atoms with E-state index in [1.54, 1.807) is 19.1 Å². The second kappa shape index (κ2) is 6.23. The van der Waals surface area contributed by atoms with Gasteiger partial charge in [-0.1, -0.05) is 19.1 Å². The summed E-state index contributed by atoms with van der Waals surface area (Å²) in [4.78, 5) is 15.6. The minimum Gasteiger partial charge on any atom is -0.436 e. The van der Waals surface area contributed by atoms with Gasteiger partial charge in [-0.2, -0.15) is 13.2 Å². The lowest BCUT2D eigenvalue weighted by Gasteiger charge is -2.11. The first kappa shape index (κ1) is 17.0. The highest BCUT2D eigenvalue weighted by atomic mass is 19.4. The summed E-state index contributed by atoms with van der Waals surface area (Å²) in [5, 5.41) is 1.88. The minimum absolute atomic E-state index is 0.0660. The van der Waals surface area contributed by atoms with E-state index in [4.69, 9.17) is 4.42 Å². The van der Waals surface area contributed by atoms with E-state index in [2.05, 4.69) is 4.98 Å². The number of rotatable bonds is 3. The molecule has 0 aliphatic rings. The zero-order valence-electron chi connectivity index (χ0n) is 13.6. The molecule has 2 aromatic carbocycles. The number of anilines is 1. The molecule has 0 atom stereocenters. The van der Waals surface area contributed by atoms with Crippen LogP contribution in [0.3, 0.4) is 0 Å². The third kappa shape index (κ3) is 3.50. The van der Waals surface area contributed by atoms with Crippen molar-refractivity contribution in [1.29, 1.82) is 0 Å². The Kier molecular flexibility index (Phi) is 4.24. The number of nitrogens with one attached hydrogen (secondary N) is 1. The molecule has 0 saturated heterocycles. The van der Waals surface area contributed by atoms with Gasteiger partial charge in [-0.25, -0.2) is 4.98 Å². The largest absolute Gasteiger partial charge is 0.471 e. The lowest BCUT2D eigenvalue weighted by Crippen LogP contribution is -2.30. The van der Waals surface area contributed by atoms with Gasteiger partial charge in [0, 0.05) is 11.3 Å². The molecule has 0 aliphatic heterocycles. The van der Waals surface area contributed by atoms with Crippen LogP contribution < -0.4 is 5.32 Å². The summed E-state index contributed by atoms with van der Waals surface area (Å²) in [5.74, 6) is -1.73. The molecule has 0 aliphatic carbocycles. The Morgan fingerprint density at radius 3 is 2.64 bits per heavy atom. The number of fused-ring (bicyclic) bond motifs is 1. The molecular weight excluding hydrogens is 333 g/mol.